The van der Waals surface area contributed by atoms with Crippen molar-refractivity contribution in [2.45, 2.75) is 13.8 Å². The van der Waals surface area contributed by atoms with Gasteiger partial charge in [0.25, 0.3) is 0 Å². The summed E-state index contributed by atoms with van der Waals surface area (Å²) in [5.41, 5.74) is 0.605. The van der Waals surface area contributed by atoms with Crippen LogP contribution >= 0.6 is 34.8 Å². The van der Waals surface area contributed by atoms with E-state index in [1.807, 2.05) is 18.7 Å². The molecule has 9 nitrogen and oxygen atoms in total. The zero-order valence-electron chi connectivity index (χ0n) is 20.2. The number of hydrogen-bond acceptors (Lipinski definition) is 9. The van der Waals surface area contributed by atoms with Gasteiger partial charge >= 0.3 is 6.01 Å². The maximum Gasteiger partial charge on any atom is 0.328 e. The van der Waals surface area contributed by atoms with E-state index in [1.54, 1.807) is 55.6 Å². The van der Waals surface area contributed by atoms with E-state index in [-0.39, 0.29) is 17.8 Å². The highest BCUT2D eigenvalue weighted by atomic mass is 35.5. The summed E-state index contributed by atoms with van der Waals surface area (Å²) < 4.78 is 17.1. The van der Waals surface area contributed by atoms with Gasteiger partial charge in [-0.2, -0.15) is 15.0 Å². The summed E-state index contributed by atoms with van der Waals surface area (Å²) in [6.45, 7) is 5.43. The Kier molecular flexibility index (Phi) is 8.70. The molecule has 0 aliphatic heterocycles. The Morgan fingerprint density at radius 3 is 2.19 bits per heavy atom. The molecule has 0 aliphatic rings. The number of methoxy groups -OCH3 is 1. The van der Waals surface area contributed by atoms with Gasteiger partial charge in [0, 0.05) is 24.3 Å². The number of halogens is 3. The van der Waals surface area contributed by atoms with E-state index in [2.05, 4.69) is 25.3 Å². The van der Waals surface area contributed by atoms with E-state index >= 15 is 0 Å². The standard InChI is InChI=1S/C25H23Cl3N6O3/c1-4-34(5-2)24-31-23(30-20-13-15(26)6-11-21(20)35-3)32-25(33-24)37-18-9-7-17(8-10-18)36-22-19(28)12-16(27)14-29-22/h6-14H,4-5H2,1-3H3,(H,30,31,32,33). The Labute approximate surface area is 229 Å². The van der Waals surface area contributed by atoms with Crippen LogP contribution in [0.2, 0.25) is 15.1 Å². The zero-order valence-corrected chi connectivity index (χ0v) is 22.5. The molecular formula is C25H23Cl3N6O3. The smallest absolute Gasteiger partial charge is 0.328 e. The van der Waals surface area contributed by atoms with Crippen LogP contribution in [0.3, 0.4) is 0 Å². The molecule has 0 bridgehead atoms. The molecule has 0 amide bonds. The van der Waals surface area contributed by atoms with Crippen LogP contribution in [0, 0.1) is 0 Å². The van der Waals surface area contributed by atoms with Crippen molar-refractivity contribution in [1.29, 1.82) is 0 Å². The second-order valence-electron chi connectivity index (χ2n) is 7.50. The van der Waals surface area contributed by atoms with Crippen LogP contribution in [0.4, 0.5) is 17.6 Å². The lowest BCUT2D eigenvalue weighted by Gasteiger charge is -2.20. The van der Waals surface area contributed by atoms with Crippen LogP contribution < -0.4 is 24.4 Å². The lowest BCUT2D eigenvalue weighted by molar-refractivity contribution is 0.416. The number of anilines is 3. The Morgan fingerprint density at radius 2 is 1.54 bits per heavy atom. The topological polar surface area (TPSA) is 94.5 Å². The first-order valence-corrected chi connectivity index (χ1v) is 12.4. The Balaban J connectivity index is 1.58. The summed E-state index contributed by atoms with van der Waals surface area (Å²) in [7, 11) is 1.57. The number of pyridine rings is 1. The number of ether oxygens (including phenoxy) is 3. The van der Waals surface area contributed by atoms with Gasteiger partial charge in [-0.1, -0.05) is 34.8 Å². The van der Waals surface area contributed by atoms with E-state index in [9.17, 15) is 0 Å². The molecule has 12 heteroatoms. The molecule has 0 saturated carbocycles. The maximum absolute atomic E-state index is 6.18. The molecular weight excluding hydrogens is 539 g/mol. The van der Waals surface area contributed by atoms with Crippen LogP contribution in [0.1, 0.15) is 13.8 Å². The SMILES string of the molecule is CCN(CC)c1nc(Nc2cc(Cl)ccc2OC)nc(Oc2ccc(Oc3ncc(Cl)cc3Cl)cc2)n1. The van der Waals surface area contributed by atoms with Crippen molar-refractivity contribution in [3.8, 4) is 29.1 Å². The van der Waals surface area contributed by atoms with Crippen molar-refractivity contribution >= 4 is 52.4 Å². The quantitative estimate of drug-likeness (QED) is 0.212. The fourth-order valence-electron chi connectivity index (χ4n) is 3.26. The molecule has 2 aromatic carbocycles. The normalized spacial score (nSPS) is 10.6. The molecule has 0 saturated heterocycles. The van der Waals surface area contributed by atoms with Crippen molar-refractivity contribution in [3.63, 3.8) is 0 Å². The molecule has 0 aliphatic carbocycles. The predicted molar refractivity (Wildman–Crippen MR) is 146 cm³/mol. The minimum absolute atomic E-state index is 0.108. The minimum Gasteiger partial charge on any atom is -0.495 e. The molecule has 2 heterocycles. The first-order valence-electron chi connectivity index (χ1n) is 11.3. The Morgan fingerprint density at radius 1 is 0.838 bits per heavy atom. The summed E-state index contributed by atoms with van der Waals surface area (Å²) in [6, 6.07) is 13.7. The van der Waals surface area contributed by atoms with Crippen molar-refractivity contribution < 1.29 is 14.2 Å². The summed E-state index contributed by atoms with van der Waals surface area (Å²) in [5.74, 6) is 2.57. The van der Waals surface area contributed by atoms with Gasteiger partial charge in [0.05, 0.1) is 17.8 Å². The largest absolute Gasteiger partial charge is 0.495 e. The Bertz CT molecular complexity index is 1370. The van der Waals surface area contributed by atoms with Crippen LogP contribution in [0.5, 0.6) is 29.1 Å². The van der Waals surface area contributed by atoms with Crippen molar-refractivity contribution in [1.82, 2.24) is 19.9 Å². The molecule has 4 aromatic rings. The zero-order chi connectivity index (χ0) is 26.4. The maximum atomic E-state index is 6.18. The van der Waals surface area contributed by atoms with E-state index in [0.29, 0.717) is 57.0 Å². The van der Waals surface area contributed by atoms with Gasteiger partial charge < -0.3 is 24.4 Å². The number of rotatable bonds is 10. The molecule has 0 radical (unpaired) electrons. The second-order valence-corrected chi connectivity index (χ2v) is 8.78. The van der Waals surface area contributed by atoms with Gasteiger partial charge in [-0.05, 0) is 62.4 Å². The van der Waals surface area contributed by atoms with Gasteiger partial charge in [0.2, 0.25) is 17.8 Å². The van der Waals surface area contributed by atoms with Gasteiger partial charge in [-0.25, -0.2) is 4.98 Å². The summed E-state index contributed by atoms with van der Waals surface area (Å²) >= 11 is 18.2. The first-order chi connectivity index (χ1) is 17.9. The van der Waals surface area contributed by atoms with E-state index in [1.165, 1.54) is 6.20 Å². The average molecular weight is 562 g/mol. The lowest BCUT2D eigenvalue weighted by atomic mass is 10.3. The monoisotopic (exact) mass is 560 g/mol. The number of nitrogens with zero attached hydrogens (tertiary/aromatic N) is 5. The highest BCUT2D eigenvalue weighted by molar-refractivity contribution is 6.35. The van der Waals surface area contributed by atoms with E-state index < -0.39 is 0 Å². The lowest BCUT2D eigenvalue weighted by Crippen LogP contribution is -2.25. The van der Waals surface area contributed by atoms with Crippen LogP contribution in [-0.4, -0.2) is 40.1 Å². The van der Waals surface area contributed by atoms with Gasteiger partial charge in [-0.15, -0.1) is 0 Å². The number of aromatic nitrogens is 4. The predicted octanol–water partition coefficient (Wildman–Crippen LogP) is 7.41. The van der Waals surface area contributed by atoms with Gasteiger partial charge in [0.1, 0.15) is 22.3 Å². The van der Waals surface area contributed by atoms with Crippen LogP contribution in [0.15, 0.2) is 54.7 Å². The number of benzene rings is 2. The van der Waals surface area contributed by atoms with Crippen molar-refractivity contribution in [2.75, 3.05) is 30.4 Å². The fourth-order valence-corrected chi connectivity index (χ4v) is 3.85. The van der Waals surface area contributed by atoms with Crippen LogP contribution in [0.25, 0.3) is 0 Å². The van der Waals surface area contributed by atoms with Gasteiger partial charge in [0.15, 0.2) is 0 Å². The molecule has 0 atom stereocenters. The fraction of sp³-hybridized carbons (Fsp3) is 0.200. The Hall–Kier alpha value is -3.53. The molecule has 0 unspecified atom stereocenters. The average Bonchev–Trinajstić information content (AvgIpc) is 2.88. The molecule has 2 aromatic heterocycles. The molecule has 192 valence electrons. The van der Waals surface area contributed by atoms with E-state index in [0.717, 1.165) is 0 Å². The molecule has 1 N–H and O–H groups in total. The van der Waals surface area contributed by atoms with E-state index in [4.69, 9.17) is 49.0 Å². The summed E-state index contributed by atoms with van der Waals surface area (Å²) in [6.07, 6.45) is 1.46. The second kappa shape index (κ2) is 12.1. The number of hydrogen-bond donors (Lipinski definition) is 1. The first kappa shape index (κ1) is 26.5. The van der Waals surface area contributed by atoms with Crippen LogP contribution in [-0.2, 0) is 0 Å². The third-order valence-corrected chi connectivity index (χ3v) is 5.79. The summed E-state index contributed by atoms with van der Waals surface area (Å²) in [5, 5.41) is 4.42. The molecule has 0 spiro atoms. The number of nitrogens with one attached hydrogen (secondary N) is 1. The molecule has 4 rings (SSSR count). The third kappa shape index (κ3) is 6.82. The summed E-state index contributed by atoms with van der Waals surface area (Å²) in [4.78, 5) is 19.6. The third-order valence-electron chi connectivity index (χ3n) is 5.08. The van der Waals surface area contributed by atoms with Crippen molar-refractivity contribution in [3.05, 3.63) is 69.8 Å². The highest BCUT2D eigenvalue weighted by Crippen LogP contribution is 2.32. The molecule has 37 heavy (non-hydrogen) atoms. The van der Waals surface area contributed by atoms with Crippen molar-refractivity contribution in [2.24, 2.45) is 0 Å². The highest BCUT2D eigenvalue weighted by Gasteiger charge is 2.15. The minimum atomic E-state index is 0.108. The molecule has 0 fully saturated rings. The van der Waals surface area contributed by atoms with Gasteiger partial charge in [-0.3, -0.25) is 0 Å².